The molecule has 1 N–H and O–H groups in total. The molecule has 0 amide bonds. The molecule has 0 saturated carbocycles. The van der Waals surface area contributed by atoms with E-state index in [1.807, 2.05) is 48.5 Å². The van der Waals surface area contributed by atoms with Crippen molar-refractivity contribution in [3.63, 3.8) is 0 Å². The van der Waals surface area contributed by atoms with Crippen molar-refractivity contribution in [3.05, 3.63) is 95.8 Å². The summed E-state index contributed by atoms with van der Waals surface area (Å²) in [6.45, 7) is 0.690. The molecule has 0 radical (unpaired) electrons. The van der Waals surface area contributed by atoms with Gasteiger partial charge in [-0.05, 0) is 35.4 Å². The van der Waals surface area contributed by atoms with Crippen LogP contribution in [0.2, 0.25) is 0 Å². The Morgan fingerprint density at radius 1 is 0.815 bits per heavy atom. The fraction of sp³-hybridized carbons (Fsp3) is 0.0909. The second-order valence-corrected chi connectivity index (χ2v) is 7.07. The molecule has 0 atom stereocenters. The van der Waals surface area contributed by atoms with Crippen molar-refractivity contribution in [2.45, 2.75) is 17.5 Å². The van der Waals surface area contributed by atoms with E-state index in [-0.39, 0.29) is 5.82 Å². The maximum atomic E-state index is 13.4. The Morgan fingerprint density at radius 2 is 1.59 bits per heavy atom. The van der Waals surface area contributed by atoms with E-state index < -0.39 is 0 Å². The van der Waals surface area contributed by atoms with Crippen LogP contribution < -0.4 is 5.32 Å². The largest absolute Gasteiger partial charge is 0.365 e. The predicted molar refractivity (Wildman–Crippen MR) is 109 cm³/mol. The van der Waals surface area contributed by atoms with E-state index in [9.17, 15) is 4.39 Å². The molecule has 5 heteroatoms. The number of fused-ring (bicyclic) bond motifs is 1. The highest BCUT2D eigenvalue weighted by Gasteiger charge is 2.08. The fourth-order valence-corrected chi connectivity index (χ4v) is 3.60. The number of aromatic nitrogens is 2. The average molecular weight is 375 g/mol. The molecular weight excluding hydrogens is 357 g/mol. The molecule has 0 spiro atoms. The highest BCUT2D eigenvalue weighted by atomic mass is 32.2. The predicted octanol–water partition coefficient (Wildman–Crippen LogP) is 5.67. The van der Waals surface area contributed by atoms with Gasteiger partial charge in [-0.25, -0.2) is 14.4 Å². The van der Waals surface area contributed by atoms with Gasteiger partial charge in [-0.3, -0.25) is 0 Å². The first kappa shape index (κ1) is 17.5. The van der Waals surface area contributed by atoms with E-state index in [2.05, 4.69) is 22.4 Å². The van der Waals surface area contributed by atoms with Crippen LogP contribution in [0.15, 0.2) is 84.0 Å². The highest BCUT2D eigenvalue weighted by Crippen LogP contribution is 2.26. The zero-order valence-corrected chi connectivity index (χ0v) is 15.4. The molecule has 27 heavy (non-hydrogen) atoms. The number of para-hydroxylation sites is 1. The number of nitrogens with one attached hydrogen (secondary N) is 1. The lowest BCUT2D eigenvalue weighted by Gasteiger charge is -2.11. The average Bonchev–Trinajstić information content (AvgIpc) is 2.71. The summed E-state index contributed by atoms with van der Waals surface area (Å²) in [4.78, 5) is 9.35. The minimum absolute atomic E-state index is 0.224. The SMILES string of the molecule is Fc1cccc(CSc2nc(NCc3ccccc3)c3ccccc3n2)c1. The Morgan fingerprint density at radius 3 is 2.44 bits per heavy atom. The Kier molecular flexibility index (Phi) is 5.30. The van der Waals surface area contributed by atoms with E-state index in [0.29, 0.717) is 17.5 Å². The minimum atomic E-state index is -0.224. The van der Waals surface area contributed by atoms with Gasteiger partial charge >= 0.3 is 0 Å². The number of benzene rings is 3. The monoisotopic (exact) mass is 375 g/mol. The van der Waals surface area contributed by atoms with Crippen molar-refractivity contribution in [1.82, 2.24) is 9.97 Å². The van der Waals surface area contributed by atoms with Gasteiger partial charge in [0.05, 0.1) is 5.52 Å². The van der Waals surface area contributed by atoms with Gasteiger partial charge in [-0.15, -0.1) is 0 Å². The van der Waals surface area contributed by atoms with Gasteiger partial charge < -0.3 is 5.32 Å². The van der Waals surface area contributed by atoms with Crippen molar-refractivity contribution < 1.29 is 4.39 Å². The van der Waals surface area contributed by atoms with Gasteiger partial charge in [-0.1, -0.05) is 66.4 Å². The Bertz CT molecular complexity index is 1050. The van der Waals surface area contributed by atoms with Crippen LogP contribution in [0.4, 0.5) is 10.2 Å². The third-order valence-electron chi connectivity index (χ3n) is 4.14. The van der Waals surface area contributed by atoms with Gasteiger partial charge in [0.2, 0.25) is 0 Å². The molecule has 134 valence electrons. The summed E-state index contributed by atoms with van der Waals surface area (Å²) in [7, 11) is 0. The topological polar surface area (TPSA) is 37.8 Å². The van der Waals surface area contributed by atoms with Gasteiger partial charge in [-0.2, -0.15) is 0 Å². The number of thioether (sulfide) groups is 1. The van der Waals surface area contributed by atoms with Crippen molar-refractivity contribution in [2.75, 3.05) is 5.32 Å². The lowest BCUT2D eigenvalue weighted by atomic mass is 10.2. The summed E-state index contributed by atoms with van der Waals surface area (Å²) in [5.41, 5.74) is 2.99. The molecule has 3 aromatic carbocycles. The van der Waals surface area contributed by atoms with E-state index in [1.54, 1.807) is 12.1 Å². The van der Waals surface area contributed by atoms with Crippen LogP contribution in [0.1, 0.15) is 11.1 Å². The third-order valence-corrected chi connectivity index (χ3v) is 5.06. The van der Waals surface area contributed by atoms with Gasteiger partial charge in [0.1, 0.15) is 11.6 Å². The first-order valence-electron chi connectivity index (χ1n) is 8.70. The molecule has 1 heterocycles. The summed E-state index contributed by atoms with van der Waals surface area (Å²) < 4.78 is 13.4. The molecule has 0 aliphatic rings. The molecule has 4 rings (SSSR count). The van der Waals surface area contributed by atoms with Crippen molar-refractivity contribution in [2.24, 2.45) is 0 Å². The van der Waals surface area contributed by atoms with Crippen LogP contribution in [-0.2, 0) is 12.3 Å². The first-order valence-corrected chi connectivity index (χ1v) is 9.68. The molecule has 1 aromatic heterocycles. The molecule has 0 unspecified atom stereocenters. The first-order chi connectivity index (χ1) is 13.3. The molecule has 0 aliphatic heterocycles. The van der Waals surface area contributed by atoms with Crippen LogP contribution in [0, 0.1) is 5.82 Å². The standard InChI is InChI=1S/C22H18FN3S/c23-18-10-6-9-17(13-18)15-27-22-25-20-12-5-4-11-19(20)21(26-22)24-14-16-7-2-1-3-8-16/h1-13H,14-15H2,(H,24,25,26). The van der Waals surface area contributed by atoms with E-state index in [4.69, 9.17) is 4.98 Å². The van der Waals surface area contributed by atoms with Crippen LogP contribution in [0.5, 0.6) is 0 Å². The molecule has 0 bridgehead atoms. The third kappa shape index (κ3) is 4.44. The molecule has 0 saturated heterocycles. The summed E-state index contributed by atoms with van der Waals surface area (Å²) >= 11 is 1.50. The van der Waals surface area contributed by atoms with Crippen LogP contribution >= 0.6 is 11.8 Å². The smallest absolute Gasteiger partial charge is 0.190 e. The maximum absolute atomic E-state index is 13.4. The van der Waals surface area contributed by atoms with Crippen LogP contribution in [0.3, 0.4) is 0 Å². The van der Waals surface area contributed by atoms with Gasteiger partial charge in [0.25, 0.3) is 0 Å². The highest BCUT2D eigenvalue weighted by molar-refractivity contribution is 7.98. The zero-order chi connectivity index (χ0) is 18.5. The number of halogens is 1. The Balaban J connectivity index is 1.58. The van der Waals surface area contributed by atoms with Gasteiger partial charge in [0, 0.05) is 17.7 Å². The fourth-order valence-electron chi connectivity index (χ4n) is 2.81. The molecule has 4 aromatic rings. The summed E-state index contributed by atoms with van der Waals surface area (Å²) in [5.74, 6) is 1.21. The zero-order valence-electron chi connectivity index (χ0n) is 14.6. The second-order valence-electron chi connectivity index (χ2n) is 6.13. The second kappa shape index (κ2) is 8.18. The summed E-state index contributed by atoms with van der Waals surface area (Å²) in [6, 6.07) is 24.8. The van der Waals surface area contributed by atoms with Crippen molar-refractivity contribution in [1.29, 1.82) is 0 Å². The number of hydrogen-bond acceptors (Lipinski definition) is 4. The van der Waals surface area contributed by atoms with Gasteiger partial charge in [0.15, 0.2) is 5.16 Å². The van der Waals surface area contributed by atoms with Crippen molar-refractivity contribution in [3.8, 4) is 0 Å². The molecular formula is C22H18FN3S. The maximum Gasteiger partial charge on any atom is 0.190 e. The summed E-state index contributed by atoms with van der Waals surface area (Å²) in [5, 5.41) is 5.09. The molecule has 3 nitrogen and oxygen atoms in total. The Labute approximate surface area is 161 Å². The van der Waals surface area contributed by atoms with E-state index in [1.165, 1.54) is 23.4 Å². The molecule has 0 aliphatic carbocycles. The van der Waals surface area contributed by atoms with Crippen molar-refractivity contribution >= 4 is 28.5 Å². The number of hydrogen-bond donors (Lipinski definition) is 1. The van der Waals surface area contributed by atoms with Crippen LogP contribution in [0.25, 0.3) is 10.9 Å². The van der Waals surface area contributed by atoms with E-state index in [0.717, 1.165) is 22.3 Å². The number of nitrogens with zero attached hydrogens (tertiary/aromatic N) is 2. The lowest BCUT2D eigenvalue weighted by molar-refractivity contribution is 0.626. The van der Waals surface area contributed by atoms with E-state index >= 15 is 0 Å². The number of rotatable bonds is 6. The normalized spacial score (nSPS) is 10.9. The van der Waals surface area contributed by atoms with Crippen LogP contribution in [-0.4, -0.2) is 9.97 Å². The minimum Gasteiger partial charge on any atom is -0.365 e. The molecule has 0 fully saturated rings. The number of anilines is 1. The Hall–Kier alpha value is -2.92. The summed E-state index contributed by atoms with van der Waals surface area (Å²) in [6.07, 6.45) is 0. The lowest BCUT2D eigenvalue weighted by Crippen LogP contribution is -2.04. The quantitative estimate of drug-likeness (QED) is 0.348.